The Morgan fingerprint density at radius 2 is 2.23 bits per heavy atom. The molecule has 0 bridgehead atoms. The second-order valence-corrected chi connectivity index (χ2v) is 3.53. The number of aromatic nitrogens is 2. The topological polar surface area (TPSA) is 64.1 Å². The van der Waals surface area contributed by atoms with Crippen LogP contribution in [0.5, 0.6) is 5.88 Å². The highest BCUT2D eigenvalue weighted by atomic mass is 79.9. The molecule has 1 N–H and O–H groups in total. The van der Waals surface area contributed by atoms with Gasteiger partial charge in [0.05, 0.1) is 6.61 Å². The van der Waals surface area contributed by atoms with Gasteiger partial charge >= 0.3 is 5.69 Å². The second-order valence-electron chi connectivity index (χ2n) is 2.73. The summed E-state index contributed by atoms with van der Waals surface area (Å²) in [7, 11) is 0. The lowest BCUT2D eigenvalue weighted by molar-refractivity contribution is 0.230. The first-order chi connectivity index (χ1) is 6.20. The van der Waals surface area contributed by atoms with E-state index in [0.29, 0.717) is 19.0 Å². The summed E-state index contributed by atoms with van der Waals surface area (Å²) in [4.78, 5) is 24.6. The van der Waals surface area contributed by atoms with Crippen LogP contribution in [0.3, 0.4) is 0 Å². The Balaban J connectivity index is 2.77. The number of fused-ring (bicyclic) bond motifs is 1. The molecule has 0 unspecified atom stereocenters. The van der Waals surface area contributed by atoms with Crippen LogP contribution in [0, 0.1) is 0 Å². The maximum Gasteiger partial charge on any atom is 0.331 e. The Morgan fingerprint density at radius 3 is 3.00 bits per heavy atom. The van der Waals surface area contributed by atoms with Gasteiger partial charge in [-0.25, -0.2) is 4.79 Å². The van der Waals surface area contributed by atoms with Crippen molar-refractivity contribution in [1.82, 2.24) is 9.55 Å². The van der Waals surface area contributed by atoms with Crippen LogP contribution >= 0.6 is 15.9 Å². The Kier molecular flexibility index (Phi) is 1.99. The van der Waals surface area contributed by atoms with Crippen LogP contribution in [-0.2, 0) is 6.54 Å². The minimum atomic E-state index is -0.446. The molecule has 0 aromatic carbocycles. The molecule has 1 aromatic rings. The number of nitrogens with zero attached hydrogens (tertiary/aromatic N) is 1. The van der Waals surface area contributed by atoms with Crippen LogP contribution < -0.4 is 16.0 Å². The molecule has 2 heterocycles. The molecule has 0 spiro atoms. The number of hydrogen-bond donors (Lipinski definition) is 1. The summed E-state index contributed by atoms with van der Waals surface area (Å²) in [6.45, 7) is 1.13. The summed E-state index contributed by atoms with van der Waals surface area (Å²) in [6, 6.07) is 0. The van der Waals surface area contributed by atoms with Gasteiger partial charge < -0.3 is 4.74 Å². The molecule has 0 radical (unpaired) electrons. The van der Waals surface area contributed by atoms with Crippen LogP contribution in [-0.4, -0.2) is 16.2 Å². The molecule has 5 nitrogen and oxygen atoms in total. The molecule has 1 aromatic heterocycles. The van der Waals surface area contributed by atoms with E-state index in [4.69, 9.17) is 4.74 Å². The van der Waals surface area contributed by atoms with Gasteiger partial charge in [-0.1, -0.05) is 0 Å². The third kappa shape index (κ3) is 1.31. The number of H-pyrrole nitrogens is 1. The Morgan fingerprint density at radius 1 is 1.46 bits per heavy atom. The maximum atomic E-state index is 11.2. The second kappa shape index (κ2) is 3.02. The van der Waals surface area contributed by atoms with Crippen molar-refractivity contribution in [1.29, 1.82) is 0 Å². The molecular formula is C7H7BrN2O3. The first-order valence-electron chi connectivity index (χ1n) is 3.85. The highest BCUT2D eigenvalue weighted by molar-refractivity contribution is 9.10. The SMILES string of the molecule is O=c1[nH]c(=O)n2c(c1Br)OCCC2. The lowest BCUT2D eigenvalue weighted by Gasteiger charge is -2.18. The van der Waals surface area contributed by atoms with Crippen LogP contribution in [0.2, 0.25) is 0 Å². The number of ether oxygens (including phenoxy) is 1. The Hall–Kier alpha value is -1.04. The Bertz CT molecular complexity index is 448. The Labute approximate surface area is 81.5 Å². The van der Waals surface area contributed by atoms with E-state index in [1.165, 1.54) is 4.57 Å². The number of rotatable bonds is 0. The monoisotopic (exact) mass is 246 g/mol. The van der Waals surface area contributed by atoms with Crippen molar-refractivity contribution < 1.29 is 4.74 Å². The largest absolute Gasteiger partial charge is 0.478 e. The van der Waals surface area contributed by atoms with E-state index < -0.39 is 11.2 Å². The molecule has 0 saturated carbocycles. The summed E-state index contributed by atoms with van der Waals surface area (Å²) in [5.74, 6) is 0.333. The van der Waals surface area contributed by atoms with E-state index in [1.54, 1.807) is 0 Å². The predicted octanol–water partition coefficient (Wildman–Crippen LogP) is 0.0816. The van der Waals surface area contributed by atoms with Gasteiger partial charge in [0.25, 0.3) is 5.56 Å². The normalized spacial score (nSPS) is 14.8. The van der Waals surface area contributed by atoms with Gasteiger partial charge in [0.1, 0.15) is 4.47 Å². The number of hydrogen-bond acceptors (Lipinski definition) is 3. The van der Waals surface area contributed by atoms with Crippen molar-refractivity contribution in [3.63, 3.8) is 0 Å². The van der Waals surface area contributed by atoms with E-state index in [1.807, 2.05) is 0 Å². The molecule has 2 rings (SSSR count). The first kappa shape index (κ1) is 8.55. The van der Waals surface area contributed by atoms with E-state index in [0.717, 1.165) is 6.42 Å². The van der Waals surface area contributed by atoms with Crippen LogP contribution in [0.15, 0.2) is 14.1 Å². The average molecular weight is 247 g/mol. The molecule has 1 aliphatic heterocycles. The zero-order chi connectivity index (χ0) is 9.42. The number of aromatic amines is 1. The number of nitrogens with one attached hydrogen (secondary N) is 1. The standard InChI is InChI=1S/C7H7BrN2O3/c8-4-5(11)9-7(12)10-2-1-3-13-6(4)10/h1-3H2,(H,9,11,12). The molecule has 0 amide bonds. The van der Waals surface area contributed by atoms with E-state index in [-0.39, 0.29) is 4.47 Å². The highest BCUT2D eigenvalue weighted by Crippen LogP contribution is 2.21. The summed E-state index contributed by atoms with van der Waals surface area (Å²) < 4.78 is 6.91. The fourth-order valence-electron chi connectivity index (χ4n) is 1.26. The fourth-order valence-corrected chi connectivity index (χ4v) is 1.69. The minimum absolute atomic E-state index is 0.284. The van der Waals surface area contributed by atoms with Gasteiger partial charge in [0.15, 0.2) is 0 Å². The van der Waals surface area contributed by atoms with Gasteiger partial charge in [0, 0.05) is 6.54 Å². The smallest absolute Gasteiger partial charge is 0.331 e. The minimum Gasteiger partial charge on any atom is -0.478 e. The maximum absolute atomic E-state index is 11.2. The molecule has 0 atom stereocenters. The molecule has 0 aliphatic carbocycles. The third-order valence-electron chi connectivity index (χ3n) is 1.86. The van der Waals surface area contributed by atoms with Crippen molar-refractivity contribution in [2.24, 2.45) is 0 Å². The van der Waals surface area contributed by atoms with Crippen LogP contribution in [0.25, 0.3) is 0 Å². The van der Waals surface area contributed by atoms with Gasteiger partial charge in [-0.15, -0.1) is 0 Å². The number of halogens is 1. The zero-order valence-electron chi connectivity index (χ0n) is 6.67. The fraction of sp³-hybridized carbons (Fsp3) is 0.429. The molecular weight excluding hydrogens is 240 g/mol. The van der Waals surface area contributed by atoms with Crippen molar-refractivity contribution in [2.45, 2.75) is 13.0 Å². The van der Waals surface area contributed by atoms with E-state index in [9.17, 15) is 9.59 Å². The van der Waals surface area contributed by atoms with Crippen LogP contribution in [0.4, 0.5) is 0 Å². The quantitative estimate of drug-likeness (QED) is 0.706. The molecule has 0 fully saturated rings. The molecule has 0 saturated heterocycles. The van der Waals surface area contributed by atoms with E-state index in [2.05, 4.69) is 20.9 Å². The van der Waals surface area contributed by atoms with Gasteiger partial charge in [0.2, 0.25) is 5.88 Å². The lowest BCUT2D eigenvalue weighted by atomic mass is 10.4. The molecule has 6 heteroatoms. The van der Waals surface area contributed by atoms with Gasteiger partial charge in [-0.3, -0.25) is 14.3 Å². The zero-order valence-corrected chi connectivity index (χ0v) is 8.26. The summed E-state index contributed by atoms with van der Waals surface area (Å²) >= 11 is 3.07. The molecule has 70 valence electrons. The summed E-state index contributed by atoms with van der Waals surface area (Å²) in [5, 5.41) is 0. The third-order valence-corrected chi connectivity index (χ3v) is 2.56. The molecule has 1 aliphatic rings. The average Bonchev–Trinajstić information content (AvgIpc) is 2.15. The highest BCUT2D eigenvalue weighted by Gasteiger charge is 2.17. The van der Waals surface area contributed by atoms with Gasteiger partial charge in [-0.2, -0.15) is 0 Å². The molecule has 13 heavy (non-hydrogen) atoms. The lowest BCUT2D eigenvalue weighted by Crippen LogP contribution is -2.34. The summed E-state index contributed by atoms with van der Waals surface area (Å²) in [6.07, 6.45) is 0.783. The summed E-state index contributed by atoms with van der Waals surface area (Å²) in [5.41, 5.74) is -0.860. The van der Waals surface area contributed by atoms with Crippen molar-refractivity contribution in [3.8, 4) is 5.88 Å². The van der Waals surface area contributed by atoms with E-state index >= 15 is 0 Å². The predicted molar refractivity (Wildman–Crippen MR) is 49.1 cm³/mol. The van der Waals surface area contributed by atoms with Crippen molar-refractivity contribution in [2.75, 3.05) is 6.61 Å². The first-order valence-corrected chi connectivity index (χ1v) is 4.65. The van der Waals surface area contributed by atoms with Crippen LogP contribution in [0.1, 0.15) is 6.42 Å². The van der Waals surface area contributed by atoms with Crippen molar-refractivity contribution >= 4 is 15.9 Å². The van der Waals surface area contributed by atoms with Gasteiger partial charge in [-0.05, 0) is 22.4 Å². The van der Waals surface area contributed by atoms with Crippen molar-refractivity contribution in [3.05, 3.63) is 25.3 Å².